The minimum atomic E-state index is -4.69. The summed E-state index contributed by atoms with van der Waals surface area (Å²) in [5.41, 5.74) is 0.0743. The number of carbonyl (C=O) groups excluding carboxylic acids is 1. The van der Waals surface area contributed by atoms with Gasteiger partial charge in [-0.1, -0.05) is 12.1 Å². The summed E-state index contributed by atoms with van der Waals surface area (Å²) in [6.45, 7) is 3.57. The summed E-state index contributed by atoms with van der Waals surface area (Å²) in [4.78, 5) is 20.1. The third-order valence-corrected chi connectivity index (χ3v) is 6.56. The largest absolute Gasteiger partial charge is 0.497 e. The SMILES string of the molecule is CCOC(=O)CN(Cc1ccc(OC)cc1)c1cc(N2CCC3(C2)OCCO3)nn2c(C(F)(F)F)cnc12. The van der Waals surface area contributed by atoms with Crippen molar-refractivity contribution >= 4 is 23.1 Å². The lowest BCUT2D eigenvalue weighted by molar-refractivity contribution is -0.143. The van der Waals surface area contributed by atoms with Crippen molar-refractivity contribution in [1.29, 1.82) is 0 Å². The minimum Gasteiger partial charge on any atom is -0.497 e. The van der Waals surface area contributed by atoms with Crippen molar-refractivity contribution in [3.63, 3.8) is 0 Å². The van der Waals surface area contributed by atoms with Crippen LogP contribution in [0, 0.1) is 0 Å². The van der Waals surface area contributed by atoms with Crippen molar-refractivity contribution in [2.75, 3.05) is 56.4 Å². The van der Waals surface area contributed by atoms with Crippen LogP contribution in [0.25, 0.3) is 5.65 Å². The van der Waals surface area contributed by atoms with Gasteiger partial charge in [-0.05, 0) is 24.6 Å². The van der Waals surface area contributed by atoms with E-state index in [0.717, 1.165) is 16.3 Å². The Morgan fingerprint density at radius 1 is 1.21 bits per heavy atom. The molecule has 2 aromatic heterocycles. The van der Waals surface area contributed by atoms with Crippen LogP contribution in [-0.4, -0.2) is 72.9 Å². The van der Waals surface area contributed by atoms with Crippen LogP contribution in [-0.2, 0) is 31.7 Å². The molecule has 1 aromatic carbocycles. The third kappa shape index (κ3) is 5.20. The smallest absolute Gasteiger partial charge is 0.435 e. The van der Waals surface area contributed by atoms with Crippen molar-refractivity contribution in [3.05, 3.63) is 47.8 Å². The number of halogens is 3. The van der Waals surface area contributed by atoms with Crippen LogP contribution in [0.2, 0.25) is 0 Å². The minimum absolute atomic E-state index is 0.0267. The Morgan fingerprint density at radius 3 is 2.61 bits per heavy atom. The lowest BCUT2D eigenvalue weighted by Crippen LogP contribution is -2.35. The zero-order valence-electron chi connectivity index (χ0n) is 21.0. The summed E-state index contributed by atoms with van der Waals surface area (Å²) in [5, 5.41) is 4.32. The molecule has 3 aromatic rings. The van der Waals surface area contributed by atoms with Crippen molar-refractivity contribution in [1.82, 2.24) is 14.6 Å². The molecule has 13 heteroatoms. The first-order valence-corrected chi connectivity index (χ1v) is 12.2. The van der Waals surface area contributed by atoms with Crippen molar-refractivity contribution in [2.45, 2.75) is 31.9 Å². The third-order valence-electron chi connectivity index (χ3n) is 6.56. The van der Waals surface area contributed by atoms with E-state index < -0.39 is 23.6 Å². The number of benzene rings is 1. The number of ether oxygens (including phenoxy) is 4. The molecule has 2 saturated heterocycles. The maximum atomic E-state index is 13.9. The molecule has 5 rings (SSSR count). The highest BCUT2D eigenvalue weighted by Gasteiger charge is 2.44. The lowest BCUT2D eigenvalue weighted by Gasteiger charge is -2.27. The maximum absolute atomic E-state index is 13.9. The number of hydrogen-bond donors (Lipinski definition) is 0. The zero-order chi connectivity index (χ0) is 26.9. The van der Waals surface area contributed by atoms with Crippen LogP contribution >= 0.6 is 0 Å². The molecule has 0 N–H and O–H groups in total. The molecule has 2 fully saturated rings. The summed E-state index contributed by atoms with van der Waals surface area (Å²) >= 11 is 0. The Kier molecular flexibility index (Phi) is 7.05. The van der Waals surface area contributed by atoms with Gasteiger partial charge in [-0.2, -0.15) is 13.2 Å². The Balaban J connectivity index is 1.59. The van der Waals surface area contributed by atoms with Crippen molar-refractivity contribution in [2.24, 2.45) is 0 Å². The summed E-state index contributed by atoms with van der Waals surface area (Å²) in [7, 11) is 1.55. The maximum Gasteiger partial charge on any atom is 0.435 e. The lowest BCUT2D eigenvalue weighted by atomic mass is 10.2. The molecule has 2 aliphatic rings. The molecule has 204 valence electrons. The average molecular weight is 536 g/mol. The van der Waals surface area contributed by atoms with Gasteiger partial charge in [0.1, 0.15) is 12.3 Å². The normalized spacial score (nSPS) is 16.9. The second-order valence-electron chi connectivity index (χ2n) is 9.05. The Bertz CT molecular complexity index is 1290. The Labute approximate surface area is 216 Å². The van der Waals surface area contributed by atoms with Gasteiger partial charge in [-0.3, -0.25) is 4.79 Å². The van der Waals surface area contributed by atoms with E-state index in [1.807, 2.05) is 17.0 Å². The molecular formula is C25H28F3N5O5. The first kappa shape index (κ1) is 26.0. The molecule has 0 bridgehead atoms. The second-order valence-corrected chi connectivity index (χ2v) is 9.05. The van der Waals surface area contributed by atoms with E-state index in [1.165, 1.54) is 0 Å². The first-order valence-electron chi connectivity index (χ1n) is 12.2. The van der Waals surface area contributed by atoms with Gasteiger partial charge in [0.25, 0.3) is 0 Å². The van der Waals surface area contributed by atoms with E-state index in [4.69, 9.17) is 18.9 Å². The van der Waals surface area contributed by atoms with Gasteiger partial charge in [0.15, 0.2) is 22.9 Å². The van der Waals surface area contributed by atoms with Crippen LogP contribution < -0.4 is 14.5 Å². The number of methoxy groups -OCH3 is 1. The highest BCUT2D eigenvalue weighted by atomic mass is 19.4. The van der Waals surface area contributed by atoms with Crippen LogP contribution in [0.4, 0.5) is 24.7 Å². The Morgan fingerprint density at radius 2 is 1.95 bits per heavy atom. The number of carbonyl (C=O) groups is 1. The summed E-state index contributed by atoms with van der Waals surface area (Å²) in [6, 6.07) is 8.84. The molecule has 0 amide bonds. The number of rotatable bonds is 8. The van der Waals surface area contributed by atoms with Gasteiger partial charge >= 0.3 is 12.1 Å². The molecule has 0 atom stereocenters. The number of esters is 1. The quantitative estimate of drug-likeness (QED) is 0.403. The molecule has 0 saturated carbocycles. The number of nitrogens with zero attached hydrogens (tertiary/aromatic N) is 5. The van der Waals surface area contributed by atoms with Crippen LogP contribution in [0.5, 0.6) is 5.75 Å². The van der Waals surface area contributed by atoms with E-state index in [1.54, 1.807) is 37.1 Å². The highest BCUT2D eigenvalue weighted by molar-refractivity contribution is 5.80. The summed E-state index contributed by atoms with van der Waals surface area (Å²) in [6.07, 6.45) is -3.38. The molecule has 0 aliphatic carbocycles. The van der Waals surface area contributed by atoms with Gasteiger partial charge in [-0.25, -0.2) is 9.50 Å². The second kappa shape index (κ2) is 10.3. The van der Waals surface area contributed by atoms with Crippen LogP contribution in [0.1, 0.15) is 24.6 Å². The molecule has 2 aliphatic heterocycles. The van der Waals surface area contributed by atoms with Gasteiger partial charge in [0.05, 0.1) is 45.4 Å². The number of imidazole rings is 1. The van der Waals surface area contributed by atoms with E-state index in [-0.39, 0.29) is 31.2 Å². The molecule has 0 unspecified atom stereocenters. The van der Waals surface area contributed by atoms with Gasteiger partial charge in [-0.15, -0.1) is 5.10 Å². The summed E-state index contributed by atoms with van der Waals surface area (Å²) in [5.74, 6) is -0.378. The van der Waals surface area contributed by atoms with Gasteiger partial charge in [0, 0.05) is 25.6 Å². The topological polar surface area (TPSA) is 90.7 Å². The number of fused-ring (bicyclic) bond motifs is 1. The fourth-order valence-electron chi connectivity index (χ4n) is 4.74. The highest BCUT2D eigenvalue weighted by Crippen LogP contribution is 2.37. The number of aromatic nitrogens is 3. The van der Waals surface area contributed by atoms with E-state index in [2.05, 4.69) is 10.1 Å². The molecule has 38 heavy (non-hydrogen) atoms. The van der Waals surface area contributed by atoms with Crippen LogP contribution in [0.3, 0.4) is 0 Å². The fourth-order valence-corrected chi connectivity index (χ4v) is 4.74. The average Bonchev–Trinajstić information content (AvgIpc) is 3.64. The Hall–Kier alpha value is -3.58. The van der Waals surface area contributed by atoms with Crippen molar-refractivity contribution < 1.29 is 36.9 Å². The van der Waals surface area contributed by atoms with Gasteiger partial charge < -0.3 is 28.7 Å². The first-order chi connectivity index (χ1) is 18.2. The monoisotopic (exact) mass is 535 g/mol. The predicted molar refractivity (Wildman–Crippen MR) is 130 cm³/mol. The molecule has 1 spiro atoms. The van der Waals surface area contributed by atoms with E-state index in [9.17, 15) is 18.0 Å². The standard InChI is InChI=1S/C25H28F3N5O5/c1-3-36-22(34)15-32(14-17-4-6-18(35-2)7-5-17)19-12-21(31-9-8-24(16-31)37-10-11-38-24)30-33-20(25(26,27)28)13-29-23(19)33/h4-7,12-13H,3,8-11,14-16H2,1-2H3. The number of anilines is 2. The van der Waals surface area contributed by atoms with Crippen molar-refractivity contribution in [3.8, 4) is 5.75 Å². The molecular weight excluding hydrogens is 507 g/mol. The van der Waals surface area contributed by atoms with E-state index in [0.29, 0.717) is 44.2 Å². The predicted octanol–water partition coefficient (Wildman–Crippen LogP) is 3.28. The fraction of sp³-hybridized carbons (Fsp3) is 0.480. The molecule has 4 heterocycles. The molecule has 0 radical (unpaired) electrons. The van der Waals surface area contributed by atoms with Gasteiger partial charge in [0.2, 0.25) is 0 Å². The number of hydrogen-bond acceptors (Lipinski definition) is 9. The zero-order valence-corrected chi connectivity index (χ0v) is 21.0. The van der Waals surface area contributed by atoms with Crippen LogP contribution in [0.15, 0.2) is 36.5 Å². The van der Waals surface area contributed by atoms with E-state index >= 15 is 0 Å². The summed E-state index contributed by atoms with van der Waals surface area (Å²) < 4.78 is 64.5. The molecule has 10 nitrogen and oxygen atoms in total. The number of alkyl halides is 3.